The predicted molar refractivity (Wildman–Crippen MR) is 154 cm³/mol. The molecule has 1 aromatic carbocycles. The number of alkyl halides is 1. The van der Waals surface area contributed by atoms with E-state index in [1.165, 1.54) is 0 Å². The van der Waals surface area contributed by atoms with Crippen LogP contribution in [0.2, 0.25) is 0 Å². The van der Waals surface area contributed by atoms with Crippen LogP contribution in [0.15, 0.2) is 24.3 Å². The molecule has 41 heavy (non-hydrogen) atoms. The summed E-state index contributed by atoms with van der Waals surface area (Å²) in [7, 11) is 3.48. The maximum absolute atomic E-state index is 14.1. The lowest BCUT2D eigenvalue weighted by Crippen LogP contribution is -2.48. The molecule has 3 atom stereocenters. The third kappa shape index (κ3) is 6.07. The van der Waals surface area contributed by atoms with Gasteiger partial charge >= 0.3 is 5.97 Å². The van der Waals surface area contributed by atoms with E-state index in [4.69, 9.17) is 10.5 Å². The maximum Gasteiger partial charge on any atom is 0.352 e. The number of aromatic carboxylic acids is 1. The molecule has 3 aliphatic rings. The zero-order chi connectivity index (χ0) is 29.3. The number of carboxylic acids is 1. The minimum absolute atomic E-state index is 0.0524. The number of halogens is 1. The lowest BCUT2D eigenvalue weighted by atomic mass is 9.74. The molecule has 2 saturated carbocycles. The molecule has 2 heterocycles. The fourth-order valence-electron chi connectivity index (χ4n) is 7.90. The third-order valence-electron chi connectivity index (χ3n) is 10.3. The summed E-state index contributed by atoms with van der Waals surface area (Å²) in [5, 5.41) is 10.3. The Hall–Kier alpha value is -2.78. The lowest BCUT2D eigenvalue weighted by Gasteiger charge is -2.37. The molecule has 5 rings (SSSR count). The van der Waals surface area contributed by atoms with Gasteiger partial charge in [-0.05, 0) is 99.3 Å². The average Bonchev–Trinajstić information content (AvgIpc) is 3.58. The zero-order valence-electron chi connectivity index (χ0n) is 24.3. The summed E-state index contributed by atoms with van der Waals surface area (Å²) in [6, 6.07) is 6.37. The molecule has 224 valence electrons. The number of carbonyl (C=O) groups excluding carboxylic acids is 2. The fraction of sp³-hybridized carbons (Fsp3) is 0.656. The van der Waals surface area contributed by atoms with Gasteiger partial charge in [-0.2, -0.15) is 0 Å². The monoisotopic (exact) mass is 569 g/mol. The molecule has 1 unspecified atom stereocenters. The van der Waals surface area contributed by atoms with Crippen LogP contribution in [0, 0.1) is 23.7 Å². The van der Waals surface area contributed by atoms with Crippen LogP contribution in [0.5, 0.6) is 0 Å². The maximum atomic E-state index is 14.1. The van der Waals surface area contributed by atoms with Gasteiger partial charge in [0.15, 0.2) is 5.78 Å². The molecule has 2 aliphatic carbocycles. The number of Topliss-reactive ketones (excluding diaryl/α,β-unsaturated/α-hetero) is 1. The number of aryl methyl sites for hydroxylation is 1. The van der Waals surface area contributed by atoms with Crippen molar-refractivity contribution < 1.29 is 28.6 Å². The number of nitrogens with zero attached hydrogens (tertiary/aromatic N) is 2. The Morgan fingerprint density at radius 1 is 1.05 bits per heavy atom. The van der Waals surface area contributed by atoms with Crippen molar-refractivity contribution in [2.24, 2.45) is 36.5 Å². The summed E-state index contributed by atoms with van der Waals surface area (Å²) in [6.07, 6.45) is 8.09. The molecule has 1 saturated heterocycles. The quantitative estimate of drug-likeness (QED) is 0.459. The number of nitrogens with two attached hydrogens (primary N) is 1. The molecular weight excluding hydrogens is 525 g/mol. The second kappa shape index (κ2) is 12.6. The number of hydrogen-bond donors (Lipinski definition) is 2. The van der Waals surface area contributed by atoms with Crippen molar-refractivity contribution in [3.05, 3.63) is 35.5 Å². The summed E-state index contributed by atoms with van der Waals surface area (Å²) in [5.41, 5.74) is 7.77. The van der Waals surface area contributed by atoms with Gasteiger partial charge < -0.3 is 25.0 Å². The van der Waals surface area contributed by atoms with E-state index in [2.05, 4.69) is 0 Å². The molecule has 9 heteroatoms. The Bertz CT molecular complexity index is 1260. The summed E-state index contributed by atoms with van der Waals surface area (Å²) >= 11 is 0. The highest BCUT2D eigenvalue weighted by Crippen LogP contribution is 2.42. The fourth-order valence-corrected chi connectivity index (χ4v) is 7.90. The summed E-state index contributed by atoms with van der Waals surface area (Å²) < 4.78 is 20.4. The number of carboxylic acid groups (broad SMARTS) is 1. The highest BCUT2D eigenvalue weighted by Gasteiger charge is 2.47. The molecule has 1 aliphatic heterocycles. The van der Waals surface area contributed by atoms with Crippen molar-refractivity contribution in [2.45, 2.75) is 82.4 Å². The van der Waals surface area contributed by atoms with E-state index in [1.54, 1.807) is 24.8 Å². The van der Waals surface area contributed by atoms with Crippen molar-refractivity contribution in [1.82, 2.24) is 9.47 Å². The van der Waals surface area contributed by atoms with E-state index in [1.807, 2.05) is 23.1 Å². The molecule has 0 bridgehead atoms. The van der Waals surface area contributed by atoms with Crippen LogP contribution in [0.1, 0.15) is 73.8 Å². The molecule has 0 spiro atoms. The van der Waals surface area contributed by atoms with Gasteiger partial charge in [0.1, 0.15) is 12.4 Å². The van der Waals surface area contributed by atoms with Gasteiger partial charge in [0.2, 0.25) is 5.91 Å². The summed E-state index contributed by atoms with van der Waals surface area (Å²) in [5.74, 6) is -0.413. The van der Waals surface area contributed by atoms with Crippen molar-refractivity contribution in [1.29, 1.82) is 0 Å². The van der Waals surface area contributed by atoms with Crippen LogP contribution in [0.3, 0.4) is 0 Å². The molecule has 8 nitrogen and oxygen atoms in total. The number of fused-ring (bicyclic) bond motifs is 1. The van der Waals surface area contributed by atoms with Crippen LogP contribution in [-0.4, -0.2) is 70.8 Å². The highest BCUT2D eigenvalue weighted by molar-refractivity contribution is 5.96. The molecule has 1 amide bonds. The van der Waals surface area contributed by atoms with Gasteiger partial charge in [-0.1, -0.05) is 6.07 Å². The van der Waals surface area contributed by atoms with E-state index >= 15 is 0 Å². The normalized spacial score (nSPS) is 29.5. The minimum Gasteiger partial charge on any atom is -0.477 e. The van der Waals surface area contributed by atoms with Crippen molar-refractivity contribution >= 4 is 28.6 Å². The van der Waals surface area contributed by atoms with Gasteiger partial charge in [0, 0.05) is 50.0 Å². The number of amides is 1. The standard InChI is InChI=1S/C32H44FN3O5/c1-35-27-12-3-19(15-23(27)17-28(35)32(39)40)16-29(37)30-25(20-8-10-24(41-2)11-9-20)13-14-36(30)31(38)22-6-4-21(5-7-22)26(34)18-33/h3,12,15,17,20-22,24-26,30H,4-11,13-14,16,18,34H2,1-2H3,(H,39,40)/t20?,21?,22?,24?,25-,26?,30-/m0/s1. The second-order valence-electron chi connectivity index (χ2n) is 12.6. The van der Waals surface area contributed by atoms with Crippen molar-refractivity contribution in [3.63, 3.8) is 0 Å². The Morgan fingerprint density at radius 3 is 2.39 bits per heavy atom. The third-order valence-corrected chi connectivity index (χ3v) is 10.3. The van der Waals surface area contributed by atoms with Crippen molar-refractivity contribution in [2.75, 3.05) is 20.3 Å². The number of benzene rings is 1. The molecule has 2 aromatic rings. The topological polar surface area (TPSA) is 115 Å². The first-order chi connectivity index (χ1) is 19.7. The summed E-state index contributed by atoms with van der Waals surface area (Å²) in [4.78, 5) is 41.5. The highest BCUT2D eigenvalue weighted by atomic mass is 19.1. The Labute approximate surface area is 241 Å². The van der Waals surface area contributed by atoms with Crippen LogP contribution in [-0.2, 0) is 27.8 Å². The van der Waals surface area contributed by atoms with Gasteiger partial charge in [0.25, 0.3) is 0 Å². The molecule has 0 radical (unpaired) electrons. The van der Waals surface area contributed by atoms with Crippen LogP contribution in [0.4, 0.5) is 4.39 Å². The number of rotatable bonds is 9. The van der Waals surface area contributed by atoms with Gasteiger partial charge in [-0.15, -0.1) is 0 Å². The van der Waals surface area contributed by atoms with E-state index in [0.717, 1.165) is 61.4 Å². The van der Waals surface area contributed by atoms with Crippen LogP contribution in [0.25, 0.3) is 10.9 Å². The smallest absolute Gasteiger partial charge is 0.352 e. The first kappa shape index (κ1) is 29.7. The van der Waals surface area contributed by atoms with Gasteiger partial charge in [-0.25, -0.2) is 9.18 Å². The van der Waals surface area contributed by atoms with E-state index in [-0.39, 0.29) is 47.7 Å². The van der Waals surface area contributed by atoms with E-state index in [9.17, 15) is 23.9 Å². The van der Waals surface area contributed by atoms with E-state index in [0.29, 0.717) is 25.3 Å². The predicted octanol–water partition coefficient (Wildman–Crippen LogP) is 4.51. The molecule has 3 N–H and O–H groups in total. The number of carbonyl (C=O) groups is 3. The first-order valence-corrected chi connectivity index (χ1v) is 15.2. The SMILES string of the molecule is COC1CCC([C@@H]2CCN(C(=O)C3CCC(C(N)CF)CC3)[C@@H]2C(=O)Cc2ccc3c(c2)cc(C(=O)O)n3C)CC1. The van der Waals surface area contributed by atoms with Crippen LogP contribution < -0.4 is 5.73 Å². The number of aromatic nitrogens is 1. The largest absolute Gasteiger partial charge is 0.477 e. The van der Waals surface area contributed by atoms with Gasteiger partial charge in [0.05, 0.1) is 12.1 Å². The number of ketones is 1. The van der Waals surface area contributed by atoms with Crippen molar-refractivity contribution in [3.8, 4) is 0 Å². The Balaban J connectivity index is 1.35. The number of likely N-dealkylation sites (tertiary alicyclic amines) is 1. The summed E-state index contributed by atoms with van der Waals surface area (Å²) in [6.45, 7) is 0.0547. The Morgan fingerprint density at radius 2 is 1.76 bits per heavy atom. The number of methoxy groups -OCH3 is 1. The first-order valence-electron chi connectivity index (χ1n) is 15.2. The van der Waals surface area contributed by atoms with Gasteiger partial charge in [-0.3, -0.25) is 9.59 Å². The average molecular weight is 570 g/mol. The Kier molecular flexibility index (Phi) is 9.14. The number of hydrogen-bond acceptors (Lipinski definition) is 5. The molecular formula is C32H44FN3O5. The zero-order valence-corrected chi connectivity index (χ0v) is 24.3. The molecule has 1 aromatic heterocycles. The number of ether oxygens (including phenoxy) is 1. The minimum atomic E-state index is -0.992. The molecule has 3 fully saturated rings. The van der Waals surface area contributed by atoms with Crippen LogP contribution >= 0.6 is 0 Å². The van der Waals surface area contributed by atoms with E-state index < -0.39 is 24.7 Å². The lowest BCUT2D eigenvalue weighted by molar-refractivity contribution is -0.143. The second-order valence-corrected chi connectivity index (χ2v) is 12.6.